The van der Waals surface area contributed by atoms with Gasteiger partial charge in [-0.15, -0.1) is 24.0 Å². The second-order valence-electron chi connectivity index (χ2n) is 5.38. The summed E-state index contributed by atoms with van der Waals surface area (Å²) in [5, 5.41) is 9.24. The minimum Gasteiger partial charge on any atom is -0.492 e. The molecule has 0 spiro atoms. The van der Waals surface area contributed by atoms with E-state index in [-0.39, 0.29) is 29.9 Å². The Morgan fingerprint density at radius 2 is 2.13 bits per heavy atom. The number of nitrogens with one attached hydrogen (secondary N) is 3. The van der Waals surface area contributed by atoms with E-state index in [9.17, 15) is 4.79 Å². The third-order valence-electron chi connectivity index (χ3n) is 3.30. The molecule has 0 radical (unpaired) electrons. The molecule has 0 bridgehead atoms. The second kappa shape index (κ2) is 10.3. The van der Waals surface area contributed by atoms with Crippen molar-refractivity contribution >= 4 is 41.5 Å². The lowest BCUT2D eigenvalue weighted by Gasteiger charge is -2.12. The van der Waals surface area contributed by atoms with Crippen LogP contribution < -0.4 is 20.7 Å². The zero-order valence-corrected chi connectivity index (χ0v) is 15.9. The molecule has 0 unspecified atom stereocenters. The Kier molecular flexibility index (Phi) is 8.75. The van der Waals surface area contributed by atoms with Crippen LogP contribution in [-0.4, -0.2) is 38.6 Å². The van der Waals surface area contributed by atoms with Gasteiger partial charge in [0, 0.05) is 32.3 Å². The molecule has 0 aliphatic heterocycles. The van der Waals surface area contributed by atoms with Gasteiger partial charge in [0.25, 0.3) is 0 Å². The number of rotatable bonds is 7. The van der Waals surface area contributed by atoms with Gasteiger partial charge in [-0.25, -0.2) is 0 Å². The Morgan fingerprint density at radius 1 is 1.35 bits per heavy atom. The molecule has 1 amide bonds. The third kappa shape index (κ3) is 8.06. The SMILES string of the molecule is CN=C(NCCOc1cccc(NC(C)=O)c1)NCC1CC1.I. The number of ether oxygens (including phenoxy) is 1. The molecule has 1 fully saturated rings. The predicted octanol–water partition coefficient (Wildman–Crippen LogP) is 2.22. The average Bonchev–Trinajstić information content (AvgIpc) is 3.30. The van der Waals surface area contributed by atoms with E-state index in [2.05, 4.69) is 20.9 Å². The molecule has 1 aliphatic rings. The number of nitrogens with zero attached hydrogens (tertiary/aromatic N) is 1. The average molecular weight is 432 g/mol. The molecule has 128 valence electrons. The monoisotopic (exact) mass is 432 g/mol. The number of carbonyl (C=O) groups is 1. The summed E-state index contributed by atoms with van der Waals surface area (Å²) in [4.78, 5) is 15.2. The van der Waals surface area contributed by atoms with Crippen LogP contribution in [0.3, 0.4) is 0 Å². The van der Waals surface area contributed by atoms with Crippen LogP contribution in [0.5, 0.6) is 5.75 Å². The van der Waals surface area contributed by atoms with E-state index in [0.717, 1.165) is 29.9 Å². The van der Waals surface area contributed by atoms with Crippen LogP contribution in [-0.2, 0) is 4.79 Å². The molecule has 1 aliphatic carbocycles. The molecule has 23 heavy (non-hydrogen) atoms. The molecule has 1 aromatic carbocycles. The quantitative estimate of drug-likeness (QED) is 0.267. The van der Waals surface area contributed by atoms with E-state index in [4.69, 9.17) is 4.74 Å². The van der Waals surface area contributed by atoms with Crippen molar-refractivity contribution in [2.75, 3.05) is 32.1 Å². The number of amides is 1. The van der Waals surface area contributed by atoms with E-state index in [1.165, 1.54) is 19.8 Å². The number of aliphatic imine (C=N–C) groups is 1. The Morgan fingerprint density at radius 3 is 2.78 bits per heavy atom. The second-order valence-corrected chi connectivity index (χ2v) is 5.38. The van der Waals surface area contributed by atoms with Crippen LogP contribution in [0.15, 0.2) is 29.3 Å². The van der Waals surface area contributed by atoms with Crippen molar-refractivity contribution in [1.82, 2.24) is 10.6 Å². The molecule has 0 atom stereocenters. The summed E-state index contributed by atoms with van der Waals surface area (Å²) in [6.07, 6.45) is 2.63. The highest BCUT2D eigenvalue weighted by molar-refractivity contribution is 14.0. The first kappa shape index (κ1) is 19.5. The number of anilines is 1. The standard InChI is InChI=1S/C16H24N4O2.HI/c1-12(21)20-14-4-3-5-15(10-14)22-9-8-18-16(17-2)19-11-13-6-7-13;/h3-5,10,13H,6-9,11H2,1-2H3,(H,20,21)(H2,17,18,19);1H. The summed E-state index contributed by atoms with van der Waals surface area (Å²) in [5.41, 5.74) is 0.736. The van der Waals surface area contributed by atoms with Gasteiger partial charge in [0.15, 0.2) is 5.96 Å². The number of benzene rings is 1. The van der Waals surface area contributed by atoms with Crippen molar-refractivity contribution in [2.24, 2.45) is 10.9 Å². The lowest BCUT2D eigenvalue weighted by molar-refractivity contribution is -0.114. The first-order valence-electron chi connectivity index (χ1n) is 7.62. The normalized spacial score (nSPS) is 13.7. The van der Waals surface area contributed by atoms with Crippen molar-refractivity contribution < 1.29 is 9.53 Å². The maximum Gasteiger partial charge on any atom is 0.221 e. The maximum atomic E-state index is 11.0. The van der Waals surface area contributed by atoms with E-state index < -0.39 is 0 Å². The van der Waals surface area contributed by atoms with Crippen molar-refractivity contribution in [1.29, 1.82) is 0 Å². The number of halogens is 1. The fraction of sp³-hybridized carbons (Fsp3) is 0.500. The highest BCUT2D eigenvalue weighted by Gasteiger charge is 2.20. The molecular weight excluding hydrogens is 407 g/mol. The molecule has 6 nitrogen and oxygen atoms in total. The van der Waals surface area contributed by atoms with Crippen LogP contribution in [0.1, 0.15) is 19.8 Å². The zero-order chi connectivity index (χ0) is 15.8. The Hall–Kier alpha value is -1.51. The van der Waals surface area contributed by atoms with Gasteiger partial charge in [-0.2, -0.15) is 0 Å². The first-order valence-corrected chi connectivity index (χ1v) is 7.62. The molecule has 1 saturated carbocycles. The molecule has 2 rings (SSSR count). The lowest BCUT2D eigenvalue weighted by atomic mass is 10.3. The van der Waals surface area contributed by atoms with E-state index in [1.807, 2.05) is 24.3 Å². The number of hydrogen-bond acceptors (Lipinski definition) is 3. The van der Waals surface area contributed by atoms with Gasteiger partial charge in [0.2, 0.25) is 5.91 Å². The molecule has 1 aromatic rings. The first-order chi connectivity index (χ1) is 10.7. The molecule has 0 heterocycles. The summed E-state index contributed by atoms with van der Waals surface area (Å²) in [6.45, 7) is 3.65. The summed E-state index contributed by atoms with van der Waals surface area (Å²) in [6, 6.07) is 7.35. The minimum atomic E-state index is -0.0932. The number of guanidine groups is 1. The molecule has 3 N–H and O–H groups in total. The van der Waals surface area contributed by atoms with Gasteiger partial charge in [-0.1, -0.05) is 6.07 Å². The number of hydrogen-bond donors (Lipinski definition) is 3. The zero-order valence-electron chi connectivity index (χ0n) is 13.6. The highest BCUT2D eigenvalue weighted by Crippen LogP contribution is 2.27. The van der Waals surface area contributed by atoms with Gasteiger partial charge >= 0.3 is 0 Å². The van der Waals surface area contributed by atoms with Crippen molar-refractivity contribution in [3.05, 3.63) is 24.3 Å². The van der Waals surface area contributed by atoms with Crippen molar-refractivity contribution in [3.8, 4) is 5.75 Å². The maximum absolute atomic E-state index is 11.0. The molecule has 7 heteroatoms. The van der Waals surface area contributed by atoms with Crippen molar-refractivity contribution in [3.63, 3.8) is 0 Å². The summed E-state index contributed by atoms with van der Waals surface area (Å²) >= 11 is 0. The van der Waals surface area contributed by atoms with E-state index in [1.54, 1.807) is 7.05 Å². The van der Waals surface area contributed by atoms with Crippen molar-refractivity contribution in [2.45, 2.75) is 19.8 Å². The number of carbonyl (C=O) groups excluding carboxylic acids is 1. The van der Waals surface area contributed by atoms with Crippen LogP contribution in [0.25, 0.3) is 0 Å². The van der Waals surface area contributed by atoms with Gasteiger partial charge in [0.1, 0.15) is 12.4 Å². The topological polar surface area (TPSA) is 74.8 Å². The highest BCUT2D eigenvalue weighted by atomic mass is 127. The van der Waals surface area contributed by atoms with E-state index in [0.29, 0.717) is 13.2 Å². The molecule has 0 saturated heterocycles. The summed E-state index contributed by atoms with van der Waals surface area (Å²) < 4.78 is 5.66. The van der Waals surface area contributed by atoms with Gasteiger partial charge in [-0.05, 0) is 30.9 Å². The van der Waals surface area contributed by atoms with Crippen LogP contribution in [0, 0.1) is 5.92 Å². The predicted molar refractivity (Wildman–Crippen MR) is 104 cm³/mol. The summed E-state index contributed by atoms with van der Waals surface area (Å²) in [5.74, 6) is 2.26. The Balaban J connectivity index is 0.00000264. The molecule has 0 aromatic heterocycles. The fourth-order valence-corrected chi connectivity index (χ4v) is 1.99. The van der Waals surface area contributed by atoms with Gasteiger partial charge in [0.05, 0.1) is 6.54 Å². The fourth-order valence-electron chi connectivity index (χ4n) is 1.99. The van der Waals surface area contributed by atoms with Crippen LogP contribution in [0.2, 0.25) is 0 Å². The van der Waals surface area contributed by atoms with Gasteiger partial charge in [-0.3, -0.25) is 9.79 Å². The largest absolute Gasteiger partial charge is 0.492 e. The third-order valence-corrected chi connectivity index (χ3v) is 3.30. The Bertz CT molecular complexity index is 533. The Labute approximate surface area is 154 Å². The summed E-state index contributed by atoms with van der Waals surface area (Å²) in [7, 11) is 1.76. The smallest absolute Gasteiger partial charge is 0.221 e. The van der Waals surface area contributed by atoms with E-state index >= 15 is 0 Å². The minimum absolute atomic E-state index is 0. The molecular formula is C16H25IN4O2. The van der Waals surface area contributed by atoms with Gasteiger partial charge < -0.3 is 20.7 Å². The lowest BCUT2D eigenvalue weighted by Crippen LogP contribution is -2.40. The van der Waals surface area contributed by atoms with Crippen LogP contribution in [0.4, 0.5) is 5.69 Å². The van der Waals surface area contributed by atoms with Crippen LogP contribution >= 0.6 is 24.0 Å².